The minimum Gasteiger partial charge on any atom is -0.268 e. The lowest BCUT2D eigenvalue weighted by atomic mass is 10.1. The second-order valence-electron chi connectivity index (χ2n) is 7.84. The Kier molecular flexibility index (Phi) is 6.33. The smallest absolute Gasteiger partial charge is 0.268 e. The largest absolute Gasteiger partial charge is 0.289 e. The Balaban J connectivity index is 1.62. The zero-order valence-electron chi connectivity index (χ0n) is 18.5. The van der Waals surface area contributed by atoms with Crippen molar-refractivity contribution < 1.29 is 4.92 Å². The van der Waals surface area contributed by atoms with Crippen LogP contribution in [0.3, 0.4) is 0 Å². The van der Waals surface area contributed by atoms with E-state index in [1.165, 1.54) is 16.7 Å². The van der Waals surface area contributed by atoms with Gasteiger partial charge >= 0.3 is 0 Å². The first-order valence-corrected chi connectivity index (χ1v) is 11.5. The first-order valence-electron chi connectivity index (χ1n) is 10.8. The highest BCUT2D eigenvalue weighted by molar-refractivity contribution is 6.32. The van der Waals surface area contributed by atoms with Crippen molar-refractivity contribution in [3.63, 3.8) is 0 Å². The average molecular weight is 515 g/mol. The van der Waals surface area contributed by atoms with E-state index < -0.39 is 4.92 Å². The molecule has 0 aliphatic heterocycles. The van der Waals surface area contributed by atoms with E-state index in [0.717, 1.165) is 5.56 Å². The molecule has 1 aromatic heterocycles. The summed E-state index contributed by atoms with van der Waals surface area (Å²) in [5, 5.41) is 12.5. The number of nitro benzene ring substituents is 1. The van der Waals surface area contributed by atoms with Crippen LogP contribution in [0.4, 0.5) is 11.4 Å². The molecule has 0 radical (unpaired) electrons. The molecule has 0 saturated heterocycles. The van der Waals surface area contributed by atoms with Gasteiger partial charge in [0.25, 0.3) is 11.2 Å². The Hall–Kier alpha value is -4.33. The molecule has 1 heterocycles. The van der Waals surface area contributed by atoms with Gasteiger partial charge in [0.1, 0.15) is 10.8 Å². The maximum atomic E-state index is 13.5. The van der Waals surface area contributed by atoms with Crippen molar-refractivity contribution in [1.29, 1.82) is 0 Å². The van der Waals surface area contributed by atoms with Crippen LogP contribution < -0.4 is 5.56 Å². The molecule has 0 atom stereocenters. The van der Waals surface area contributed by atoms with E-state index in [1.807, 2.05) is 12.1 Å². The van der Waals surface area contributed by atoms with Crippen LogP contribution in [0.1, 0.15) is 5.56 Å². The number of aliphatic imine (C=N–C) groups is 1. The van der Waals surface area contributed by atoms with Gasteiger partial charge in [0.2, 0.25) is 0 Å². The molecule has 4 aromatic carbocycles. The molecule has 7 nitrogen and oxygen atoms in total. The fourth-order valence-electron chi connectivity index (χ4n) is 3.74. The van der Waals surface area contributed by atoms with Gasteiger partial charge in [-0.15, -0.1) is 0 Å². The van der Waals surface area contributed by atoms with Gasteiger partial charge in [-0.3, -0.25) is 24.5 Å². The molecule has 5 rings (SSSR count). The Bertz CT molecular complexity index is 1700. The first-order chi connectivity index (χ1) is 17.4. The quantitative estimate of drug-likeness (QED) is 0.143. The number of para-hydroxylation sites is 1. The summed E-state index contributed by atoms with van der Waals surface area (Å²) in [5.74, 6) is 0.337. The average Bonchev–Trinajstić information content (AvgIpc) is 2.89. The third-order valence-electron chi connectivity index (χ3n) is 5.52. The van der Waals surface area contributed by atoms with Crippen LogP contribution in [-0.4, -0.2) is 20.7 Å². The number of nitro groups is 1. The van der Waals surface area contributed by atoms with Crippen molar-refractivity contribution in [3.8, 4) is 17.1 Å². The molecule has 0 saturated carbocycles. The number of hydrogen-bond acceptors (Lipinski definition) is 5. The Labute approximate surface area is 215 Å². The molecule has 0 aliphatic carbocycles. The van der Waals surface area contributed by atoms with Crippen LogP contribution >= 0.6 is 23.2 Å². The van der Waals surface area contributed by atoms with Crippen molar-refractivity contribution in [3.05, 3.63) is 127 Å². The van der Waals surface area contributed by atoms with Crippen molar-refractivity contribution in [2.45, 2.75) is 0 Å². The lowest BCUT2D eigenvalue weighted by Gasteiger charge is -2.14. The number of fused-ring (bicyclic) bond motifs is 1. The van der Waals surface area contributed by atoms with Gasteiger partial charge in [-0.05, 0) is 66.2 Å². The Morgan fingerprint density at radius 1 is 0.917 bits per heavy atom. The lowest BCUT2D eigenvalue weighted by Crippen LogP contribution is -2.22. The van der Waals surface area contributed by atoms with Crippen LogP contribution in [-0.2, 0) is 0 Å². The second-order valence-corrected chi connectivity index (χ2v) is 8.69. The predicted octanol–water partition coefficient (Wildman–Crippen LogP) is 7.02. The molecule has 0 unspecified atom stereocenters. The molecular weight excluding hydrogens is 499 g/mol. The van der Waals surface area contributed by atoms with Gasteiger partial charge in [0, 0.05) is 22.9 Å². The monoisotopic (exact) mass is 514 g/mol. The van der Waals surface area contributed by atoms with Crippen LogP contribution in [0.2, 0.25) is 10.0 Å². The van der Waals surface area contributed by atoms with Gasteiger partial charge in [-0.1, -0.05) is 47.5 Å². The minimum absolute atomic E-state index is 0.0185. The SMILES string of the molecule is O=c1c2ccccc2nc(-c2ccc(N=Cc3ccc(Cl)cc3)cc2)n1-c1ccc(Cl)c([N+](=O)[O-])c1. The summed E-state index contributed by atoms with van der Waals surface area (Å²) in [6, 6.07) is 25.7. The molecule has 0 fully saturated rings. The number of aromatic nitrogens is 2. The summed E-state index contributed by atoms with van der Waals surface area (Å²) in [6.45, 7) is 0. The zero-order chi connectivity index (χ0) is 25.2. The highest BCUT2D eigenvalue weighted by Crippen LogP contribution is 2.29. The van der Waals surface area contributed by atoms with E-state index in [0.29, 0.717) is 33.0 Å². The van der Waals surface area contributed by atoms with E-state index in [4.69, 9.17) is 28.2 Å². The Morgan fingerprint density at radius 2 is 1.64 bits per heavy atom. The fourth-order valence-corrected chi connectivity index (χ4v) is 4.05. The molecule has 0 N–H and O–H groups in total. The standard InChI is InChI=1S/C27H16Cl2N4O3/c28-19-9-5-17(6-10-19)16-30-20-11-7-18(8-12-20)26-31-24-4-2-1-3-22(24)27(34)32(26)21-13-14-23(29)25(15-21)33(35)36/h1-16H. The second kappa shape index (κ2) is 9.73. The minimum atomic E-state index is -0.585. The zero-order valence-corrected chi connectivity index (χ0v) is 20.0. The van der Waals surface area contributed by atoms with Crippen molar-refractivity contribution >= 4 is 51.7 Å². The van der Waals surface area contributed by atoms with Gasteiger partial charge in [0.05, 0.1) is 27.2 Å². The number of hydrogen-bond donors (Lipinski definition) is 0. The molecule has 176 valence electrons. The first kappa shape index (κ1) is 23.4. The van der Waals surface area contributed by atoms with E-state index in [9.17, 15) is 14.9 Å². The van der Waals surface area contributed by atoms with Gasteiger partial charge in [0.15, 0.2) is 0 Å². The highest BCUT2D eigenvalue weighted by Gasteiger charge is 2.19. The molecule has 36 heavy (non-hydrogen) atoms. The Morgan fingerprint density at radius 3 is 2.36 bits per heavy atom. The number of rotatable bonds is 5. The van der Waals surface area contributed by atoms with Crippen LogP contribution in [0.15, 0.2) is 101 Å². The summed E-state index contributed by atoms with van der Waals surface area (Å²) >= 11 is 11.9. The summed E-state index contributed by atoms with van der Waals surface area (Å²) in [7, 11) is 0. The van der Waals surface area contributed by atoms with Crippen molar-refractivity contribution in [2.24, 2.45) is 4.99 Å². The molecule has 5 aromatic rings. The summed E-state index contributed by atoms with van der Waals surface area (Å²) in [4.78, 5) is 33.6. The van der Waals surface area contributed by atoms with Crippen molar-refractivity contribution in [2.75, 3.05) is 0 Å². The predicted molar refractivity (Wildman–Crippen MR) is 143 cm³/mol. The molecule has 0 amide bonds. The topological polar surface area (TPSA) is 90.4 Å². The molecular formula is C27H16Cl2N4O3. The van der Waals surface area contributed by atoms with E-state index in [2.05, 4.69) is 4.99 Å². The third kappa shape index (κ3) is 4.62. The molecule has 0 spiro atoms. The fraction of sp³-hybridized carbons (Fsp3) is 0. The van der Waals surface area contributed by atoms with Crippen LogP contribution in [0.25, 0.3) is 28.0 Å². The number of benzene rings is 4. The van der Waals surface area contributed by atoms with E-state index >= 15 is 0 Å². The van der Waals surface area contributed by atoms with Gasteiger partial charge in [-0.25, -0.2) is 4.98 Å². The van der Waals surface area contributed by atoms with Crippen LogP contribution in [0.5, 0.6) is 0 Å². The third-order valence-corrected chi connectivity index (χ3v) is 6.09. The van der Waals surface area contributed by atoms with E-state index in [-0.39, 0.29) is 22.0 Å². The summed E-state index contributed by atoms with van der Waals surface area (Å²) in [6.07, 6.45) is 1.72. The maximum absolute atomic E-state index is 13.5. The van der Waals surface area contributed by atoms with Gasteiger partial charge < -0.3 is 0 Å². The molecule has 0 bridgehead atoms. The van der Waals surface area contributed by atoms with Crippen LogP contribution in [0, 0.1) is 10.1 Å². The normalized spacial score (nSPS) is 11.3. The number of halogens is 2. The summed E-state index contributed by atoms with van der Waals surface area (Å²) < 4.78 is 1.36. The van der Waals surface area contributed by atoms with Crippen molar-refractivity contribution in [1.82, 2.24) is 9.55 Å². The lowest BCUT2D eigenvalue weighted by molar-refractivity contribution is -0.384. The number of nitrogens with zero attached hydrogens (tertiary/aromatic N) is 4. The van der Waals surface area contributed by atoms with E-state index in [1.54, 1.807) is 72.9 Å². The van der Waals surface area contributed by atoms with Gasteiger partial charge in [-0.2, -0.15) is 0 Å². The molecule has 9 heteroatoms. The highest BCUT2D eigenvalue weighted by atomic mass is 35.5. The summed E-state index contributed by atoms with van der Waals surface area (Å²) in [5.41, 5.74) is 2.39. The molecule has 0 aliphatic rings. The maximum Gasteiger partial charge on any atom is 0.289 e.